The van der Waals surface area contributed by atoms with Gasteiger partial charge in [0.15, 0.2) is 0 Å². The fourth-order valence-corrected chi connectivity index (χ4v) is 2.10. The third-order valence-corrected chi connectivity index (χ3v) is 4.15. The van der Waals surface area contributed by atoms with Crippen molar-refractivity contribution >= 4 is 24.1 Å². The van der Waals surface area contributed by atoms with E-state index in [1.54, 1.807) is 6.20 Å². The highest BCUT2D eigenvalue weighted by atomic mass is 16.7. The quantitative estimate of drug-likeness (QED) is 0.509. The summed E-state index contributed by atoms with van der Waals surface area (Å²) >= 11 is 0. The van der Waals surface area contributed by atoms with Crippen LogP contribution in [0.4, 0.5) is 11.5 Å². The standard InChI is InChI=1S/C14H22BN3O4/c1-6-7-16-12-11(18(19)20)8-10(9-17-12)15-21-13(2,3)14(4,5)22-15/h8-9H,6-7H2,1-5H3,(H,16,17). The van der Waals surface area contributed by atoms with Gasteiger partial charge in [-0.15, -0.1) is 0 Å². The summed E-state index contributed by atoms with van der Waals surface area (Å²) in [5, 5.41) is 14.2. The fourth-order valence-electron chi connectivity index (χ4n) is 2.10. The molecular formula is C14H22BN3O4. The zero-order chi connectivity index (χ0) is 16.5. The van der Waals surface area contributed by atoms with Crippen molar-refractivity contribution in [1.29, 1.82) is 0 Å². The second-order valence-electron chi connectivity index (χ2n) is 6.41. The minimum atomic E-state index is -0.656. The molecule has 1 aliphatic rings. The molecule has 0 amide bonds. The van der Waals surface area contributed by atoms with Gasteiger partial charge in [-0.3, -0.25) is 10.1 Å². The minimum absolute atomic E-state index is 0.0688. The van der Waals surface area contributed by atoms with Crippen LogP contribution >= 0.6 is 0 Å². The van der Waals surface area contributed by atoms with E-state index < -0.39 is 23.2 Å². The highest BCUT2D eigenvalue weighted by Gasteiger charge is 2.52. The molecule has 0 spiro atoms. The van der Waals surface area contributed by atoms with Gasteiger partial charge < -0.3 is 14.6 Å². The highest BCUT2D eigenvalue weighted by molar-refractivity contribution is 6.62. The van der Waals surface area contributed by atoms with Gasteiger partial charge in [-0.05, 0) is 34.1 Å². The topological polar surface area (TPSA) is 86.5 Å². The first-order valence-electron chi connectivity index (χ1n) is 7.42. The van der Waals surface area contributed by atoms with Crippen LogP contribution in [-0.2, 0) is 9.31 Å². The predicted molar refractivity (Wildman–Crippen MR) is 85.4 cm³/mol. The van der Waals surface area contributed by atoms with Gasteiger partial charge in [0.25, 0.3) is 0 Å². The summed E-state index contributed by atoms with van der Waals surface area (Å²) in [6.07, 6.45) is 2.42. The summed E-state index contributed by atoms with van der Waals surface area (Å²) in [6.45, 7) is 10.4. The van der Waals surface area contributed by atoms with Gasteiger partial charge in [-0.2, -0.15) is 0 Å². The number of rotatable bonds is 5. The monoisotopic (exact) mass is 307 g/mol. The van der Waals surface area contributed by atoms with E-state index >= 15 is 0 Å². The second-order valence-corrected chi connectivity index (χ2v) is 6.41. The molecule has 1 aromatic heterocycles. The normalized spacial score (nSPS) is 19.2. The van der Waals surface area contributed by atoms with E-state index in [0.717, 1.165) is 6.42 Å². The Morgan fingerprint density at radius 2 is 1.91 bits per heavy atom. The number of pyridine rings is 1. The number of aromatic nitrogens is 1. The molecule has 0 unspecified atom stereocenters. The third kappa shape index (κ3) is 3.07. The van der Waals surface area contributed by atoms with Crippen LogP contribution in [-0.4, -0.2) is 34.8 Å². The maximum absolute atomic E-state index is 11.3. The molecule has 0 radical (unpaired) electrons. The molecular weight excluding hydrogens is 285 g/mol. The highest BCUT2D eigenvalue weighted by Crippen LogP contribution is 2.36. The number of nitro groups is 1. The van der Waals surface area contributed by atoms with Crippen molar-refractivity contribution in [2.24, 2.45) is 0 Å². The molecule has 120 valence electrons. The van der Waals surface area contributed by atoms with Crippen LogP contribution in [0.15, 0.2) is 12.3 Å². The molecule has 1 aliphatic heterocycles. The molecule has 1 N–H and O–H groups in total. The zero-order valence-electron chi connectivity index (χ0n) is 13.7. The predicted octanol–water partition coefficient (Wildman–Crippen LogP) is 2.11. The molecule has 0 bridgehead atoms. The maximum atomic E-state index is 11.3. The van der Waals surface area contributed by atoms with Crippen molar-refractivity contribution in [3.63, 3.8) is 0 Å². The van der Waals surface area contributed by atoms with E-state index in [1.807, 2.05) is 34.6 Å². The van der Waals surface area contributed by atoms with E-state index in [0.29, 0.717) is 12.0 Å². The molecule has 0 aromatic carbocycles. The molecule has 1 fully saturated rings. The molecule has 0 saturated carbocycles. The number of hydrogen-bond donors (Lipinski definition) is 1. The number of nitrogens with one attached hydrogen (secondary N) is 1. The van der Waals surface area contributed by atoms with Crippen LogP contribution in [0.25, 0.3) is 0 Å². The third-order valence-electron chi connectivity index (χ3n) is 4.15. The summed E-state index contributed by atoms with van der Waals surface area (Å²) in [7, 11) is -0.656. The van der Waals surface area contributed by atoms with Gasteiger partial charge in [0.05, 0.1) is 16.1 Å². The van der Waals surface area contributed by atoms with E-state index in [9.17, 15) is 10.1 Å². The van der Waals surface area contributed by atoms with Crippen molar-refractivity contribution in [2.45, 2.75) is 52.2 Å². The van der Waals surface area contributed by atoms with Crippen molar-refractivity contribution in [3.8, 4) is 0 Å². The molecule has 0 aliphatic carbocycles. The van der Waals surface area contributed by atoms with E-state index in [4.69, 9.17) is 9.31 Å². The first kappa shape index (κ1) is 16.7. The largest absolute Gasteiger partial charge is 0.496 e. The Morgan fingerprint density at radius 3 is 2.41 bits per heavy atom. The van der Waals surface area contributed by atoms with Crippen LogP contribution in [0, 0.1) is 10.1 Å². The van der Waals surface area contributed by atoms with E-state index in [2.05, 4.69) is 10.3 Å². The Kier molecular flexibility index (Phi) is 4.44. The van der Waals surface area contributed by atoms with Crippen LogP contribution in [0.3, 0.4) is 0 Å². The molecule has 2 rings (SSSR count). The lowest BCUT2D eigenvalue weighted by Gasteiger charge is -2.32. The van der Waals surface area contributed by atoms with Gasteiger partial charge in [0.2, 0.25) is 5.82 Å². The Hall–Kier alpha value is -1.67. The summed E-state index contributed by atoms with van der Waals surface area (Å²) in [5.74, 6) is 0.270. The fraction of sp³-hybridized carbons (Fsp3) is 0.643. The summed E-state index contributed by atoms with van der Waals surface area (Å²) in [4.78, 5) is 15.0. The lowest BCUT2D eigenvalue weighted by molar-refractivity contribution is -0.384. The minimum Gasteiger partial charge on any atom is -0.399 e. The average Bonchev–Trinajstić information content (AvgIpc) is 2.65. The first-order valence-corrected chi connectivity index (χ1v) is 7.42. The van der Waals surface area contributed by atoms with E-state index in [1.165, 1.54) is 6.07 Å². The molecule has 2 heterocycles. The van der Waals surface area contributed by atoms with Gasteiger partial charge in [0, 0.05) is 24.3 Å². The lowest BCUT2D eigenvalue weighted by Crippen LogP contribution is -2.41. The van der Waals surface area contributed by atoms with Crippen molar-refractivity contribution in [2.75, 3.05) is 11.9 Å². The summed E-state index contributed by atoms with van der Waals surface area (Å²) in [6, 6.07) is 1.47. The van der Waals surface area contributed by atoms with Crippen LogP contribution in [0.2, 0.25) is 0 Å². The zero-order valence-corrected chi connectivity index (χ0v) is 13.7. The van der Waals surface area contributed by atoms with Crippen LogP contribution in [0.1, 0.15) is 41.0 Å². The maximum Gasteiger partial charge on any atom is 0.496 e. The Bertz CT molecular complexity index is 561. The van der Waals surface area contributed by atoms with Gasteiger partial charge in [-0.25, -0.2) is 4.98 Å². The molecule has 0 atom stereocenters. The molecule has 1 saturated heterocycles. The average molecular weight is 307 g/mol. The van der Waals surface area contributed by atoms with Crippen molar-refractivity contribution in [3.05, 3.63) is 22.4 Å². The molecule has 22 heavy (non-hydrogen) atoms. The smallest absolute Gasteiger partial charge is 0.399 e. The second kappa shape index (κ2) is 5.85. The van der Waals surface area contributed by atoms with Gasteiger partial charge in [0.1, 0.15) is 0 Å². The molecule has 7 nitrogen and oxygen atoms in total. The van der Waals surface area contributed by atoms with E-state index in [-0.39, 0.29) is 11.5 Å². The van der Waals surface area contributed by atoms with Crippen LogP contribution < -0.4 is 10.8 Å². The summed E-state index contributed by atoms with van der Waals surface area (Å²) < 4.78 is 11.8. The number of nitrogens with zero attached hydrogens (tertiary/aromatic N) is 2. The SMILES string of the molecule is CCCNc1ncc(B2OC(C)(C)C(C)(C)O2)cc1[N+](=O)[O-]. The number of anilines is 1. The Balaban J connectivity index is 2.30. The Morgan fingerprint density at radius 1 is 1.32 bits per heavy atom. The van der Waals surface area contributed by atoms with Gasteiger partial charge >= 0.3 is 12.8 Å². The van der Waals surface area contributed by atoms with Gasteiger partial charge in [-0.1, -0.05) is 6.92 Å². The first-order chi connectivity index (χ1) is 10.2. The van der Waals surface area contributed by atoms with Crippen molar-refractivity contribution in [1.82, 2.24) is 4.98 Å². The Labute approximate surface area is 130 Å². The summed E-state index contributed by atoms with van der Waals surface area (Å²) in [5.41, 5.74) is -0.509. The van der Waals surface area contributed by atoms with Crippen molar-refractivity contribution < 1.29 is 14.2 Å². The molecule has 1 aromatic rings. The van der Waals surface area contributed by atoms with Crippen LogP contribution in [0.5, 0.6) is 0 Å². The molecule has 8 heteroatoms. The number of hydrogen-bond acceptors (Lipinski definition) is 6. The lowest BCUT2D eigenvalue weighted by atomic mass is 9.80.